The molecule has 0 aliphatic rings. The van der Waals surface area contributed by atoms with Gasteiger partial charge in [-0.25, -0.2) is 0 Å². The summed E-state index contributed by atoms with van der Waals surface area (Å²) >= 11 is 0. The largest absolute Gasteiger partial charge is 2.00 e. The van der Waals surface area contributed by atoms with Crippen LogP contribution in [0.1, 0.15) is 104 Å². The van der Waals surface area contributed by atoms with Crippen molar-refractivity contribution in [3.63, 3.8) is 0 Å². The SMILES string of the molecule is CC(C)c1ccc2cnc(-c3cc(C(C)(C)C)n[n-]3)cc2c1.CC(C)c1ccc2cnc(-c3cc(C(C)(C)C)n[n-]3)cc2c1.[Pt+2]. The zero-order valence-electron chi connectivity index (χ0n) is 28.1. The Morgan fingerprint density at radius 3 is 1.20 bits per heavy atom. The third kappa shape index (κ3) is 7.97. The first kappa shape index (κ1) is 34.2. The van der Waals surface area contributed by atoms with Crippen molar-refractivity contribution in [2.24, 2.45) is 0 Å². The molecule has 0 radical (unpaired) electrons. The van der Waals surface area contributed by atoms with Crippen LogP contribution in [0.3, 0.4) is 0 Å². The normalized spacial score (nSPS) is 12.0. The van der Waals surface area contributed by atoms with Crippen molar-refractivity contribution in [3.05, 3.63) is 95.6 Å². The van der Waals surface area contributed by atoms with Crippen molar-refractivity contribution in [2.45, 2.75) is 91.9 Å². The van der Waals surface area contributed by atoms with E-state index in [-0.39, 0.29) is 31.9 Å². The Balaban J connectivity index is 0.000000200. The molecule has 0 saturated carbocycles. The van der Waals surface area contributed by atoms with Gasteiger partial charge in [-0.2, -0.15) is 0 Å². The number of nitrogens with zero attached hydrogens (tertiary/aromatic N) is 6. The zero-order chi connectivity index (χ0) is 31.8. The third-order valence-corrected chi connectivity index (χ3v) is 7.96. The quantitative estimate of drug-likeness (QED) is 0.178. The van der Waals surface area contributed by atoms with E-state index in [9.17, 15) is 0 Å². The fraction of sp³-hybridized carbons (Fsp3) is 0.368. The molecule has 4 aromatic heterocycles. The molecule has 6 nitrogen and oxygen atoms in total. The minimum absolute atomic E-state index is 0. The van der Waals surface area contributed by atoms with Crippen LogP contribution in [0.5, 0.6) is 0 Å². The molecule has 0 saturated heterocycles. The van der Waals surface area contributed by atoms with Crippen molar-refractivity contribution < 1.29 is 21.1 Å². The summed E-state index contributed by atoms with van der Waals surface area (Å²) in [5, 5.41) is 21.9. The Kier molecular flexibility index (Phi) is 10.2. The topological polar surface area (TPSA) is 79.8 Å². The predicted molar refractivity (Wildman–Crippen MR) is 182 cm³/mol. The second kappa shape index (κ2) is 13.4. The smallest absolute Gasteiger partial charge is 0.573 e. The first-order valence-electron chi connectivity index (χ1n) is 15.5. The van der Waals surface area contributed by atoms with E-state index in [1.807, 2.05) is 24.5 Å². The van der Waals surface area contributed by atoms with Crippen LogP contribution in [-0.2, 0) is 31.9 Å². The molecular formula is C38H44N6Pt. The van der Waals surface area contributed by atoms with Gasteiger partial charge < -0.3 is 20.4 Å². The van der Waals surface area contributed by atoms with Gasteiger partial charge in [-0.05, 0) is 45.9 Å². The van der Waals surface area contributed by atoms with E-state index in [0.29, 0.717) is 11.8 Å². The summed E-state index contributed by atoms with van der Waals surface area (Å²) in [4.78, 5) is 9.09. The molecule has 0 spiro atoms. The van der Waals surface area contributed by atoms with Gasteiger partial charge in [0, 0.05) is 45.4 Å². The molecule has 0 amide bonds. The minimum atomic E-state index is 0. The van der Waals surface area contributed by atoms with Crippen LogP contribution in [-0.4, -0.2) is 20.2 Å². The van der Waals surface area contributed by atoms with E-state index in [1.165, 1.54) is 21.9 Å². The summed E-state index contributed by atoms with van der Waals surface area (Å²) in [6.45, 7) is 21.7. The summed E-state index contributed by atoms with van der Waals surface area (Å²) in [5.74, 6) is 1.04. The molecular weight excluding hydrogens is 736 g/mol. The van der Waals surface area contributed by atoms with Gasteiger partial charge in [0.05, 0.1) is 11.4 Å². The molecule has 236 valence electrons. The van der Waals surface area contributed by atoms with Crippen LogP contribution in [0.4, 0.5) is 0 Å². The van der Waals surface area contributed by atoms with Crippen LogP contribution >= 0.6 is 0 Å². The Labute approximate surface area is 282 Å². The van der Waals surface area contributed by atoms with Gasteiger partial charge >= 0.3 is 21.1 Å². The molecule has 7 heteroatoms. The van der Waals surface area contributed by atoms with Crippen molar-refractivity contribution in [1.82, 2.24) is 30.4 Å². The number of fused-ring (bicyclic) bond motifs is 2. The fourth-order valence-corrected chi connectivity index (χ4v) is 4.89. The summed E-state index contributed by atoms with van der Waals surface area (Å²) in [6, 6.07) is 21.4. The summed E-state index contributed by atoms with van der Waals surface area (Å²) < 4.78 is 0. The van der Waals surface area contributed by atoms with Crippen LogP contribution in [0.2, 0.25) is 0 Å². The molecule has 0 unspecified atom stereocenters. The Bertz CT molecular complexity index is 1760. The second-order valence-corrected chi connectivity index (χ2v) is 14.4. The zero-order valence-corrected chi connectivity index (χ0v) is 30.4. The van der Waals surface area contributed by atoms with E-state index < -0.39 is 0 Å². The van der Waals surface area contributed by atoms with Gasteiger partial charge in [0.1, 0.15) is 0 Å². The predicted octanol–water partition coefficient (Wildman–Crippen LogP) is 9.35. The van der Waals surface area contributed by atoms with Gasteiger partial charge in [0.15, 0.2) is 0 Å². The first-order valence-corrected chi connectivity index (χ1v) is 15.5. The Morgan fingerprint density at radius 2 is 0.889 bits per heavy atom. The van der Waals surface area contributed by atoms with Crippen LogP contribution in [0, 0.1) is 0 Å². The average Bonchev–Trinajstić information content (AvgIpc) is 3.67. The number of benzene rings is 2. The number of hydrogen-bond acceptors (Lipinski definition) is 4. The van der Waals surface area contributed by atoms with Gasteiger partial charge in [-0.1, -0.05) is 129 Å². The van der Waals surface area contributed by atoms with Crippen LogP contribution in [0.25, 0.3) is 44.3 Å². The van der Waals surface area contributed by atoms with Crippen LogP contribution < -0.4 is 10.2 Å². The standard InChI is InChI=1S/2C19H22N3.Pt/c2*1-12(2)13-6-7-14-11-20-16(9-15(14)8-13)17-10-18(22-21-17)19(3,4)5;/h2*6-12H,1-5H3;/q2*-1;+2. The average molecular weight is 780 g/mol. The molecule has 0 fully saturated rings. The summed E-state index contributed by atoms with van der Waals surface area (Å²) in [5.41, 5.74) is 8.17. The fourth-order valence-electron chi connectivity index (χ4n) is 4.89. The molecule has 6 aromatic rings. The van der Waals surface area contributed by atoms with Crippen molar-refractivity contribution >= 4 is 21.5 Å². The molecule has 0 bridgehead atoms. The van der Waals surface area contributed by atoms with E-state index in [0.717, 1.165) is 44.9 Å². The van der Waals surface area contributed by atoms with E-state index in [4.69, 9.17) is 0 Å². The number of aromatic nitrogens is 6. The molecule has 4 heterocycles. The van der Waals surface area contributed by atoms with E-state index in [2.05, 4.69) is 148 Å². The third-order valence-electron chi connectivity index (χ3n) is 7.96. The summed E-state index contributed by atoms with van der Waals surface area (Å²) in [6.07, 6.45) is 3.83. The Hall–Kier alpha value is -3.63. The maximum absolute atomic E-state index is 4.54. The van der Waals surface area contributed by atoms with Crippen molar-refractivity contribution in [3.8, 4) is 22.8 Å². The molecule has 6 rings (SSSR count). The number of hydrogen-bond donors (Lipinski definition) is 0. The van der Waals surface area contributed by atoms with Gasteiger partial charge in [-0.15, -0.1) is 0 Å². The molecule has 0 aliphatic heterocycles. The van der Waals surface area contributed by atoms with Gasteiger partial charge in [0.2, 0.25) is 0 Å². The van der Waals surface area contributed by atoms with Crippen molar-refractivity contribution in [1.29, 1.82) is 0 Å². The monoisotopic (exact) mass is 779 g/mol. The molecule has 0 atom stereocenters. The molecule has 0 aliphatic carbocycles. The maximum Gasteiger partial charge on any atom is 2.00 e. The maximum atomic E-state index is 4.54. The summed E-state index contributed by atoms with van der Waals surface area (Å²) in [7, 11) is 0. The van der Waals surface area contributed by atoms with Crippen molar-refractivity contribution in [2.75, 3.05) is 0 Å². The van der Waals surface area contributed by atoms with Crippen LogP contribution in [0.15, 0.2) is 73.1 Å². The number of pyridine rings is 2. The molecule has 2 aromatic carbocycles. The van der Waals surface area contributed by atoms with Gasteiger partial charge in [0.25, 0.3) is 0 Å². The number of rotatable bonds is 4. The Morgan fingerprint density at radius 1 is 0.511 bits per heavy atom. The van der Waals surface area contributed by atoms with Gasteiger partial charge in [-0.3, -0.25) is 9.97 Å². The second-order valence-electron chi connectivity index (χ2n) is 14.4. The minimum Gasteiger partial charge on any atom is -0.573 e. The molecule has 45 heavy (non-hydrogen) atoms. The molecule has 0 N–H and O–H groups in total. The van der Waals surface area contributed by atoms with E-state index >= 15 is 0 Å². The van der Waals surface area contributed by atoms with E-state index in [1.54, 1.807) is 0 Å². The first-order chi connectivity index (χ1) is 20.7.